The first-order chi connectivity index (χ1) is 7.68. The molecule has 0 fully saturated rings. The molecule has 0 aliphatic carbocycles. The van der Waals surface area contributed by atoms with Crippen molar-refractivity contribution in [2.45, 2.75) is 44.9 Å². The molecule has 1 rings (SSSR count). The average Bonchev–Trinajstić information content (AvgIpc) is 2.74. The van der Waals surface area contributed by atoms with Crippen molar-refractivity contribution >= 4 is 11.8 Å². The third-order valence-corrected chi connectivity index (χ3v) is 3.26. The van der Waals surface area contributed by atoms with E-state index < -0.39 is 0 Å². The predicted octanol–water partition coefficient (Wildman–Crippen LogP) is 3.18. The smallest absolute Gasteiger partial charge is 0.255 e. The summed E-state index contributed by atoms with van der Waals surface area (Å²) in [5.74, 6) is 1.80. The summed E-state index contributed by atoms with van der Waals surface area (Å²) in [6.07, 6.45) is 5.84. The van der Waals surface area contributed by atoms with Crippen molar-refractivity contribution < 1.29 is 4.42 Å². The van der Waals surface area contributed by atoms with E-state index in [4.69, 9.17) is 4.42 Å². The normalized spacial score (nSPS) is 13.2. The van der Waals surface area contributed by atoms with E-state index in [9.17, 15) is 0 Å². The molecule has 0 aromatic carbocycles. The number of aromatic nitrogens is 1. The fraction of sp³-hybridized carbons (Fsp3) is 0.750. The molecule has 0 aliphatic rings. The van der Waals surface area contributed by atoms with E-state index in [1.54, 1.807) is 24.2 Å². The van der Waals surface area contributed by atoms with Crippen LogP contribution >= 0.6 is 11.8 Å². The van der Waals surface area contributed by atoms with Gasteiger partial charge in [0.2, 0.25) is 0 Å². The molecule has 92 valence electrons. The van der Waals surface area contributed by atoms with Crippen LogP contribution in [0.5, 0.6) is 0 Å². The lowest BCUT2D eigenvalue weighted by Crippen LogP contribution is -2.28. The first-order valence-corrected chi connectivity index (χ1v) is 6.92. The molecule has 3 nitrogen and oxygen atoms in total. The molecule has 1 unspecified atom stereocenters. The molecule has 0 bridgehead atoms. The standard InChI is InChI=1S/C12H22N2OS/c1-10(2)4-5-11(3)13-7-9-16-12-14-6-8-15-12/h6,8,10-11,13H,4-5,7,9H2,1-3H3. The molecule has 0 saturated heterocycles. The van der Waals surface area contributed by atoms with E-state index in [2.05, 4.69) is 31.1 Å². The van der Waals surface area contributed by atoms with Gasteiger partial charge in [0.15, 0.2) is 0 Å². The van der Waals surface area contributed by atoms with Gasteiger partial charge < -0.3 is 9.73 Å². The Morgan fingerprint density at radius 2 is 2.19 bits per heavy atom. The third-order valence-electron chi connectivity index (χ3n) is 2.41. The summed E-state index contributed by atoms with van der Waals surface area (Å²) in [6, 6.07) is 0.604. The third kappa shape index (κ3) is 6.18. The van der Waals surface area contributed by atoms with Gasteiger partial charge in [0.1, 0.15) is 6.26 Å². The van der Waals surface area contributed by atoms with Crippen LogP contribution in [0.15, 0.2) is 22.1 Å². The minimum Gasteiger partial charge on any atom is -0.440 e. The maximum absolute atomic E-state index is 5.14. The highest BCUT2D eigenvalue weighted by Gasteiger charge is 2.03. The predicted molar refractivity (Wildman–Crippen MR) is 68.8 cm³/mol. The van der Waals surface area contributed by atoms with Crippen LogP contribution < -0.4 is 5.32 Å². The average molecular weight is 242 g/mol. The molecule has 1 aromatic rings. The molecule has 1 aromatic heterocycles. The van der Waals surface area contributed by atoms with Crippen LogP contribution in [0.3, 0.4) is 0 Å². The minimum atomic E-state index is 0.604. The summed E-state index contributed by atoms with van der Waals surface area (Å²) in [4.78, 5) is 4.06. The Balaban J connectivity index is 1.98. The van der Waals surface area contributed by atoms with Gasteiger partial charge in [-0.05, 0) is 25.7 Å². The van der Waals surface area contributed by atoms with Crippen LogP contribution in [-0.2, 0) is 0 Å². The fourth-order valence-electron chi connectivity index (χ4n) is 1.41. The Morgan fingerprint density at radius 1 is 1.38 bits per heavy atom. The van der Waals surface area contributed by atoms with Crippen LogP contribution in [0.2, 0.25) is 0 Å². The number of hydrogen-bond donors (Lipinski definition) is 1. The number of nitrogens with zero attached hydrogens (tertiary/aromatic N) is 1. The second kappa shape index (κ2) is 7.74. The number of oxazole rings is 1. The molecule has 0 radical (unpaired) electrons. The van der Waals surface area contributed by atoms with Crippen LogP contribution in [0.25, 0.3) is 0 Å². The monoisotopic (exact) mass is 242 g/mol. The van der Waals surface area contributed by atoms with Crippen molar-refractivity contribution in [3.8, 4) is 0 Å². The molecule has 0 amide bonds. The topological polar surface area (TPSA) is 38.1 Å². The van der Waals surface area contributed by atoms with Gasteiger partial charge in [-0.1, -0.05) is 25.6 Å². The lowest BCUT2D eigenvalue weighted by molar-refractivity contribution is 0.451. The molecule has 1 atom stereocenters. The molecule has 4 heteroatoms. The highest BCUT2D eigenvalue weighted by molar-refractivity contribution is 7.99. The van der Waals surface area contributed by atoms with E-state index in [1.165, 1.54) is 12.8 Å². The summed E-state index contributed by atoms with van der Waals surface area (Å²) >= 11 is 1.65. The van der Waals surface area contributed by atoms with Crippen molar-refractivity contribution in [1.29, 1.82) is 0 Å². The maximum atomic E-state index is 5.14. The Labute approximate surface area is 102 Å². The zero-order valence-electron chi connectivity index (χ0n) is 10.4. The highest BCUT2D eigenvalue weighted by atomic mass is 32.2. The highest BCUT2D eigenvalue weighted by Crippen LogP contribution is 2.13. The molecule has 1 N–H and O–H groups in total. The summed E-state index contributed by atoms with van der Waals surface area (Å²) in [5.41, 5.74) is 0. The van der Waals surface area contributed by atoms with E-state index in [1.807, 2.05) is 0 Å². The van der Waals surface area contributed by atoms with Crippen molar-refractivity contribution in [3.63, 3.8) is 0 Å². The van der Waals surface area contributed by atoms with Crippen molar-refractivity contribution in [2.75, 3.05) is 12.3 Å². The first kappa shape index (κ1) is 13.6. The van der Waals surface area contributed by atoms with Gasteiger partial charge in [-0.2, -0.15) is 0 Å². The molecule has 16 heavy (non-hydrogen) atoms. The Hall–Kier alpha value is -0.480. The van der Waals surface area contributed by atoms with Crippen molar-refractivity contribution in [2.24, 2.45) is 5.92 Å². The number of thioether (sulfide) groups is 1. The molecular formula is C12H22N2OS. The maximum Gasteiger partial charge on any atom is 0.255 e. The number of nitrogens with one attached hydrogen (secondary N) is 1. The SMILES string of the molecule is CC(C)CCC(C)NCCSc1ncco1. The van der Waals surface area contributed by atoms with E-state index in [0.717, 1.165) is 23.4 Å². The van der Waals surface area contributed by atoms with E-state index >= 15 is 0 Å². The van der Waals surface area contributed by atoms with E-state index in [-0.39, 0.29) is 0 Å². The first-order valence-electron chi connectivity index (χ1n) is 5.94. The lowest BCUT2D eigenvalue weighted by Gasteiger charge is -2.14. The van der Waals surface area contributed by atoms with Crippen LogP contribution in [0, 0.1) is 5.92 Å². The molecule has 0 spiro atoms. The largest absolute Gasteiger partial charge is 0.440 e. The van der Waals surface area contributed by atoms with Gasteiger partial charge in [-0.15, -0.1) is 0 Å². The van der Waals surface area contributed by atoms with Crippen LogP contribution in [-0.4, -0.2) is 23.3 Å². The van der Waals surface area contributed by atoms with Crippen molar-refractivity contribution in [1.82, 2.24) is 10.3 Å². The Morgan fingerprint density at radius 3 is 2.81 bits per heavy atom. The van der Waals surface area contributed by atoms with Gasteiger partial charge in [-0.3, -0.25) is 0 Å². The molecular weight excluding hydrogens is 220 g/mol. The summed E-state index contributed by atoms with van der Waals surface area (Å²) < 4.78 is 5.14. The minimum absolute atomic E-state index is 0.604. The van der Waals surface area contributed by atoms with Gasteiger partial charge in [0.05, 0.1) is 6.20 Å². The number of rotatable bonds is 8. The Kier molecular flexibility index (Phi) is 6.57. The summed E-state index contributed by atoms with van der Waals surface area (Å²) in [5, 5.41) is 4.27. The summed E-state index contributed by atoms with van der Waals surface area (Å²) in [6.45, 7) is 7.79. The molecule has 0 aliphatic heterocycles. The van der Waals surface area contributed by atoms with Gasteiger partial charge in [-0.25, -0.2) is 4.98 Å². The summed E-state index contributed by atoms with van der Waals surface area (Å²) in [7, 11) is 0. The lowest BCUT2D eigenvalue weighted by atomic mass is 10.0. The zero-order valence-corrected chi connectivity index (χ0v) is 11.2. The fourth-order valence-corrected chi connectivity index (χ4v) is 2.06. The number of hydrogen-bond acceptors (Lipinski definition) is 4. The van der Waals surface area contributed by atoms with Crippen LogP contribution in [0.4, 0.5) is 0 Å². The molecule has 0 saturated carbocycles. The van der Waals surface area contributed by atoms with E-state index in [0.29, 0.717) is 6.04 Å². The second-order valence-electron chi connectivity index (χ2n) is 4.47. The van der Waals surface area contributed by atoms with Gasteiger partial charge in [0, 0.05) is 18.3 Å². The molecule has 1 heterocycles. The van der Waals surface area contributed by atoms with Crippen LogP contribution in [0.1, 0.15) is 33.6 Å². The quantitative estimate of drug-likeness (QED) is 0.561. The Bertz CT molecular complexity index is 262. The zero-order chi connectivity index (χ0) is 11.8. The van der Waals surface area contributed by atoms with Gasteiger partial charge >= 0.3 is 0 Å². The second-order valence-corrected chi connectivity index (χ2v) is 5.52. The van der Waals surface area contributed by atoms with Crippen molar-refractivity contribution in [3.05, 3.63) is 12.5 Å². The van der Waals surface area contributed by atoms with Gasteiger partial charge in [0.25, 0.3) is 5.22 Å².